The number of fused-ring (bicyclic) bond motifs is 1. The molecule has 2 aliphatic heterocycles. The molecule has 5 rings (SSSR count). The number of phenols is 1. The third-order valence-electron chi connectivity index (χ3n) is 5.94. The number of anilines is 2. The van der Waals surface area contributed by atoms with Crippen LogP contribution < -0.4 is 9.80 Å². The summed E-state index contributed by atoms with van der Waals surface area (Å²) < 4.78 is 40.7. The summed E-state index contributed by atoms with van der Waals surface area (Å²) in [5, 5.41) is 9.87. The molecule has 1 aromatic carbocycles. The predicted octanol–water partition coefficient (Wildman–Crippen LogP) is 3.56. The van der Waals surface area contributed by atoms with E-state index < -0.39 is 12.2 Å². The Hall–Kier alpha value is -2.76. The number of phenolic OH excluding ortho intramolecular Hbond substituents is 1. The van der Waals surface area contributed by atoms with Crippen LogP contribution in [0, 0.1) is 0 Å². The molecule has 0 unspecified atom stereocenters. The van der Waals surface area contributed by atoms with Gasteiger partial charge in [-0.15, -0.1) is 0 Å². The molecule has 0 saturated carbocycles. The molecule has 9 nitrogen and oxygen atoms in total. The summed E-state index contributed by atoms with van der Waals surface area (Å²) in [7, 11) is 0. The molecule has 2 saturated heterocycles. The minimum Gasteiger partial charge on any atom is -0.506 e. The Kier molecular flexibility index (Phi) is 5.95. The number of nitrogens with zero attached hydrogens (tertiary/aromatic N) is 6. The zero-order valence-electron chi connectivity index (χ0n) is 18.8. The van der Waals surface area contributed by atoms with Crippen LogP contribution in [-0.4, -0.2) is 76.2 Å². The Labute approximate surface area is 199 Å². The van der Waals surface area contributed by atoms with E-state index in [1.54, 1.807) is 0 Å². The van der Waals surface area contributed by atoms with Crippen molar-refractivity contribution in [2.24, 2.45) is 0 Å². The lowest BCUT2D eigenvalue weighted by Gasteiger charge is -2.39. The van der Waals surface area contributed by atoms with Crippen molar-refractivity contribution in [1.82, 2.24) is 19.5 Å². The minimum absolute atomic E-state index is 0.0582. The maximum atomic E-state index is 14.1. The maximum Gasteiger partial charge on any atom is 0.296 e. The molecule has 0 amide bonds. The second kappa shape index (κ2) is 8.79. The van der Waals surface area contributed by atoms with Crippen molar-refractivity contribution >= 4 is 34.3 Å². The number of rotatable bonds is 4. The van der Waals surface area contributed by atoms with Crippen LogP contribution >= 0.6 is 11.6 Å². The normalized spacial score (nSPS) is 18.8. The van der Waals surface area contributed by atoms with E-state index in [0.717, 1.165) is 0 Å². The van der Waals surface area contributed by atoms with Gasteiger partial charge in [-0.1, -0.05) is 11.6 Å². The van der Waals surface area contributed by atoms with E-state index in [9.17, 15) is 13.9 Å². The highest BCUT2D eigenvalue weighted by Crippen LogP contribution is 2.36. The smallest absolute Gasteiger partial charge is 0.296 e. The maximum absolute atomic E-state index is 14.1. The number of alkyl halides is 2. The lowest BCUT2D eigenvalue weighted by Crippen LogP contribution is -2.48. The third kappa shape index (κ3) is 4.23. The van der Waals surface area contributed by atoms with Crippen LogP contribution in [0.25, 0.3) is 17.0 Å². The number of ether oxygens (including phenoxy) is 2. The molecule has 0 aliphatic carbocycles. The summed E-state index contributed by atoms with van der Waals surface area (Å²) in [5.41, 5.74) is -0.0412. The first-order valence-electron chi connectivity index (χ1n) is 11.0. The Morgan fingerprint density at radius 1 is 1.03 bits per heavy atom. The number of hydrogen-bond acceptors (Lipinski definition) is 8. The standard InChI is InChI=1S/C22H25ClF2N6O3/c1-22(2)12-30(7-10-34-22)16-11-15(29-5-8-33-9-6-29)26-21(27-16)31-13-3-4-14(32)17(23)18(13)28-20(31)19(24)25/h3-4,11,19,32H,5-10,12H2,1-2H3. The van der Waals surface area contributed by atoms with Gasteiger partial charge in [0.05, 0.1) is 30.9 Å². The fourth-order valence-electron chi connectivity index (χ4n) is 4.31. The largest absolute Gasteiger partial charge is 0.506 e. The summed E-state index contributed by atoms with van der Waals surface area (Å²) in [6.07, 6.45) is -2.91. The molecule has 182 valence electrons. The number of imidazole rings is 1. The summed E-state index contributed by atoms with van der Waals surface area (Å²) in [6.45, 7) is 8.03. The van der Waals surface area contributed by atoms with E-state index in [4.69, 9.17) is 26.1 Å². The monoisotopic (exact) mass is 494 g/mol. The first-order valence-corrected chi connectivity index (χ1v) is 11.4. The molecule has 34 heavy (non-hydrogen) atoms. The van der Waals surface area contributed by atoms with Gasteiger partial charge in [-0.05, 0) is 26.0 Å². The molecule has 0 spiro atoms. The van der Waals surface area contributed by atoms with Crippen LogP contribution in [0.5, 0.6) is 5.75 Å². The number of hydrogen-bond donors (Lipinski definition) is 1. The molecule has 1 N–H and O–H groups in total. The van der Waals surface area contributed by atoms with Gasteiger partial charge in [0.1, 0.15) is 27.9 Å². The van der Waals surface area contributed by atoms with E-state index >= 15 is 0 Å². The van der Waals surface area contributed by atoms with E-state index in [-0.39, 0.29) is 33.4 Å². The van der Waals surface area contributed by atoms with Crippen molar-refractivity contribution in [1.29, 1.82) is 0 Å². The highest BCUT2D eigenvalue weighted by molar-refractivity contribution is 6.36. The van der Waals surface area contributed by atoms with Gasteiger partial charge in [-0.2, -0.15) is 9.97 Å². The number of morpholine rings is 2. The second-order valence-electron chi connectivity index (χ2n) is 8.89. The van der Waals surface area contributed by atoms with Crippen LogP contribution in [0.1, 0.15) is 26.1 Å². The van der Waals surface area contributed by atoms with E-state index in [0.29, 0.717) is 57.6 Å². The molecule has 3 aromatic rings. The van der Waals surface area contributed by atoms with E-state index in [1.807, 2.05) is 24.8 Å². The van der Waals surface area contributed by atoms with Crippen LogP contribution in [-0.2, 0) is 9.47 Å². The van der Waals surface area contributed by atoms with Crippen molar-refractivity contribution in [2.75, 3.05) is 55.8 Å². The lowest BCUT2D eigenvalue weighted by atomic mass is 10.1. The van der Waals surface area contributed by atoms with Crippen LogP contribution in [0.3, 0.4) is 0 Å². The lowest BCUT2D eigenvalue weighted by molar-refractivity contribution is -0.0279. The van der Waals surface area contributed by atoms with Crippen molar-refractivity contribution in [3.8, 4) is 11.7 Å². The Morgan fingerprint density at radius 3 is 2.38 bits per heavy atom. The van der Waals surface area contributed by atoms with Crippen molar-refractivity contribution < 1.29 is 23.4 Å². The molecule has 2 aliphatic rings. The molecule has 4 heterocycles. The average molecular weight is 495 g/mol. The van der Waals surface area contributed by atoms with Crippen LogP contribution in [0.15, 0.2) is 18.2 Å². The Bertz CT molecular complexity index is 1220. The van der Waals surface area contributed by atoms with Gasteiger partial charge in [0, 0.05) is 32.2 Å². The van der Waals surface area contributed by atoms with Gasteiger partial charge in [0.2, 0.25) is 5.95 Å². The third-order valence-corrected chi connectivity index (χ3v) is 6.31. The van der Waals surface area contributed by atoms with Gasteiger partial charge in [-0.3, -0.25) is 4.57 Å². The summed E-state index contributed by atoms with van der Waals surface area (Å²) in [5.74, 6) is 0.492. The topological polar surface area (TPSA) is 88.8 Å². The zero-order valence-corrected chi connectivity index (χ0v) is 19.6. The first kappa shape index (κ1) is 23.0. The zero-order chi connectivity index (χ0) is 24.0. The van der Waals surface area contributed by atoms with Gasteiger partial charge >= 0.3 is 0 Å². The molecule has 0 atom stereocenters. The number of halogens is 3. The second-order valence-corrected chi connectivity index (χ2v) is 9.26. The van der Waals surface area contributed by atoms with Crippen molar-refractivity contribution in [3.05, 3.63) is 29.0 Å². The SMILES string of the molecule is CC1(C)CN(c2cc(N3CCOCC3)nc(-n3c(C(F)F)nc4c(Cl)c(O)ccc43)n2)CCO1. The highest BCUT2D eigenvalue weighted by atomic mass is 35.5. The molecule has 0 bridgehead atoms. The Morgan fingerprint density at radius 2 is 1.71 bits per heavy atom. The quantitative estimate of drug-likeness (QED) is 0.589. The van der Waals surface area contributed by atoms with Gasteiger partial charge < -0.3 is 24.4 Å². The van der Waals surface area contributed by atoms with Gasteiger partial charge in [-0.25, -0.2) is 13.8 Å². The van der Waals surface area contributed by atoms with Gasteiger partial charge in [0.15, 0.2) is 5.82 Å². The van der Waals surface area contributed by atoms with Crippen molar-refractivity contribution in [2.45, 2.75) is 25.9 Å². The van der Waals surface area contributed by atoms with Crippen molar-refractivity contribution in [3.63, 3.8) is 0 Å². The fourth-order valence-corrected chi connectivity index (χ4v) is 4.52. The first-order chi connectivity index (χ1) is 16.2. The van der Waals surface area contributed by atoms with E-state index in [1.165, 1.54) is 16.7 Å². The van der Waals surface area contributed by atoms with Crippen LogP contribution in [0.2, 0.25) is 5.02 Å². The molecule has 12 heteroatoms. The molecule has 2 fully saturated rings. The molecular weight excluding hydrogens is 470 g/mol. The predicted molar refractivity (Wildman–Crippen MR) is 124 cm³/mol. The number of benzene rings is 1. The number of aromatic nitrogens is 4. The molecular formula is C22H25ClF2N6O3. The highest BCUT2D eigenvalue weighted by Gasteiger charge is 2.30. The minimum atomic E-state index is -2.91. The molecule has 2 aromatic heterocycles. The average Bonchev–Trinajstić information content (AvgIpc) is 3.22. The molecule has 0 radical (unpaired) electrons. The summed E-state index contributed by atoms with van der Waals surface area (Å²) >= 11 is 6.19. The number of aromatic hydroxyl groups is 1. The Balaban J connectivity index is 1.70. The van der Waals surface area contributed by atoms with Gasteiger partial charge in [0.25, 0.3) is 6.43 Å². The fraction of sp³-hybridized carbons (Fsp3) is 0.500. The van der Waals surface area contributed by atoms with E-state index in [2.05, 4.69) is 14.9 Å². The summed E-state index contributed by atoms with van der Waals surface area (Å²) in [4.78, 5) is 17.5. The van der Waals surface area contributed by atoms with Crippen LogP contribution in [0.4, 0.5) is 20.4 Å². The summed E-state index contributed by atoms with van der Waals surface area (Å²) in [6, 6.07) is 4.70.